The minimum absolute atomic E-state index is 0.0160. The first-order valence-corrected chi connectivity index (χ1v) is 16.3. The van der Waals surface area contributed by atoms with Gasteiger partial charge < -0.3 is 9.64 Å². The fourth-order valence-electron chi connectivity index (χ4n) is 6.79. The molecule has 2 aromatic carbocycles. The molecule has 1 N–H and O–H groups in total. The van der Waals surface area contributed by atoms with Crippen molar-refractivity contribution >= 4 is 39.2 Å². The number of fused-ring (bicyclic) bond motifs is 3. The molecular weight excluding hydrogens is 581 g/mol. The van der Waals surface area contributed by atoms with Gasteiger partial charge in [-0.15, -0.1) is 0 Å². The molecule has 0 unspecified atom stereocenters. The van der Waals surface area contributed by atoms with Crippen LogP contribution in [0.15, 0.2) is 60.7 Å². The van der Waals surface area contributed by atoms with Crippen LogP contribution in [-0.4, -0.2) is 53.3 Å². The van der Waals surface area contributed by atoms with Gasteiger partial charge in [-0.05, 0) is 61.8 Å². The van der Waals surface area contributed by atoms with E-state index < -0.39 is 17.6 Å². The predicted octanol–water partition coefficient (Wildman–Crippen LogP) is 5.81. The third-order valence-corrected chi connectivity index (χ3v) is 10.2. The van der Waals surface area contributed by atoms with Crippen molar-refractivity contribution in [3.63, 3.8) is 0 Å². The lowest BCUT2D eigenvalue weighted by atomic mass is 9.90. The van der Waals surface area contributed by atoms with Gasteiger partial charge in [0.2, 0.25) is 5.91 Å². The Balaban J connectivity index is 1.29. The van der Waals surface area contributed by atoms with E-state index in [2.05, 4.69) is 22.6 Å². The van der Waals surface area contributed by atoms with Crippen LogP contribution in [0.25, 0.3) is 10.2 Å². The first-order chi connectivity index (χ1) is 21.4. The number of ketones is 1. The first kappa shape index (κ1) is 30.4. The number of nitrogens with zero attached hydrogens (tertiary/aromatic N) is 2. The molecule has 5 atom stereocenters. The number of benzene rings is 2. The summed E-state index contributed by atoms with van der Waals surface area (Å²) in [7, 11) is 1.39. The highest BCUT2D eigenvalue weighted by atomic mass is 32.1. The molecule has 1 saturated carbocycles. The summed E-state index contributed by atoms with van der Waals surface area (Å²) in [6.07, 6.45) is 9.73. The number of allylic oxidation sites excluding steroid dienone is 2. The van der Waals surface area contributed by atoms with Crippen LogP contribution < -0.4 is 10.2 Å². The molecule has 3 aromatic rings. The van der Waals surface area contributed by atoms with E-state index in [0.717, 1.165) is 37.7 Å². The molecular formula is C34H38FN3O5S. The summed E-state index contributed by atoms with van der Waals surface area (Å²) in [5, 5.41) is 0.377. The van der Waals surface area contributed by atoms with Gasteiger partial charge in [-0.1, -0.05) is 66.7 Å². The zero-order valence-electron chi connectivity index (χ0n) is 24.9. The second-order valence-electron chi connectivity index (χ2n) is 12.3. The lowest BCUT2D eigenvalue weighted by Gasteiger charge is -2.29. The highest BCUT2D eigenvalue weighted by Crippen LogP contribution is 2.57. The van der Waals surface area contributed by atoms with E-state index >= 15 is 0 Å². The van der Waals surface area contributed by atoms with Crippen molar-refractivity contribution in [3.05, 3.63) is 72.1 Å². The average Bonchev–Trinajstić information content (AvgIpc) is 3.32. The number of carbonyl (C=O) groups excluding carboxylic acids is 3. The molecule has 44 heavy (non-hydrogen) atoms. The van der Waals surface area contributed by atoms with Crippen LogP contribution in [0, 0.1) is 23.1 Å². The molecule has 6 rings (SSSR count). The number of hydrogen-bond acceptors (Lipinski definition) is 7. The second kappa shape index (κ2) is 13.2. The highest BCUT2D eigenvalue weighted by molar-refractivity contribution is 7.20. The van der Waals surface area contributed by atoms with Crippen molar-refractivity contribution in [2.45, 2.75) is 69.9 Å². The van der Waals surface area contributed by atoms with Gasteiger partial charge in [0.1, 0.15) is 11.9 Å². The van der Waals surface area contributed by atoms with Gasteiger partial charge in [0, 0.05) is 18.8 Å². The second-order valence-corrected chi connectivity index (χ2v) is 13.3. The van der Waals surface area contributed by atoms with Gasteiger partial charge in [-0.25, -0.2) is 14.9 Å². The van der Waals surface area contributed by atoms with E-state index in [-0.39, 0.29) is 48.2 Å². The minimum Gasteiger partial charge on any atom is -0.465 e. The maximum absolute atomic E-state index is 14.4. The minimum atomic E-state index is -0.891. The zero-order valence-corrected chi connectivity index (χ0v) is 25.7. The monoisotopic (exact) mass is 619 g/mol. The lowest BCUT2D eigenvalue weighted by Crippen LogP contribution is -2.46. The molecule has 2 aliphatic heterocycles. The van der Waals surface area contributed by atoms with E-state index in [1.54, 1.807) is 11.0 Å². The number of aromatic nitrogens is 1. The number of ether oxygens (including phenoxy) is 1. The van der Waals surface area contributed by atoms with Crippen LogP contribution in [0.2, 0.25) is 0 Å². The Morgan fingerprint density at radius 1 is 1.16 bits per heavy atom. The summed E-state index contributed by atoms with van der Waals surface area (Å²) in [4.78, 5) is 52.8. The summed E-state index contributed by atoms with van der Waals surface area (Å²) in [5.74, 6) is -1.19. The normalized spacial score (nSPS) is 28.5. The molecule has 0 spiro atoms. The van der Waals surface area contributed by atoms with Gasteiger partial charge in [-0.3, -0.25) is 19.2 Å². The summed E-state index contributed by atoms with van der Waals surface area (Å²) in [6, 6.07) is 13.7. The molecule has 2 amide bonds. The van der Waals surface area contributed by atoms with Gasteiger partial charge in [0.05, 0.1) is 35.3 Å². The Morgan fingerprint density at radius 2 is 2.00 bits per heavy atom. The van der Waals surface area contributed by atoms with Crippen LogP contribution in [0.1, 0.15) is 56.9 Å². The number of amides is 2. The Bertz CT molecular complexity index is 1540. The van der Waals surface area contributed by atoms with Crippen LogP contribution in [0.3, 0.4) is 0 Å². The topological polar surface area (TPSA) is 97.8 Å². The molecule has 3 heterocycles. The highest BCUT2D eigenvalue weighted by Gasteiger charge is 2.60. The summed E-state index contributed by atoms with van der Waals surface area (Å²) in [6.45, 7) is 0.241. The van der Waals surface area contributed by atoms with Gasteiger partial charge in [0.25, 0.3) is 11.1 Å². The number of halogens is 1. The van der Waals surface area contributed by atoms with Crippen molar-refractivity contribution in [1.82, 2.24) is 15.4 Å². The van der Waals surface area contributed by atoms with Crippen molar-refractivity contribution in [1.29, 1.82) is 0 Å². The third-order valence-electron chi connectivity index (χ3n) is 9.25. The smallest absolute Gasteiger partial charge is 0.274 e. The molecule has 1 aliphatic carbocycles. The largest absolute Gasteiger partial charge is 0.465 e. The van der Waals surface area contributed by atoms with E-state index in [1.165, 1.54) is 30.6 Å². The van der Waals surface area contributed by atoms with E-state index in [9.17, 15) is 18.8 Å². The molecule has 2 fully saturated rings. The maximum atomic E-state index is 14.4. The Morgan fingerprint density at radius 3 is 2.82 bits per heavy atom. The third kappa shape index (κ3) is 6.56. The van der Waals surface area contributed by atoms with Crippen molar-refractivity contribution in [3.8, 4) is 5.19 Å². The number of thiazole rings is 1. The van der Waals surface area contributed by atoms with E-state index in [1.807, 2.05) is 30.3 Å². The molecule has 0 bridgehead atoms. The van der Waals surface area contributed by atoms with Crippen LogP contribution >= 0.6 is 11.3 Å². The standard InChI is InChI=1S/C34H38FN3O5S/c1-42-37-32(41)34-19-24(34)13-9-4-2-3-8-12-23(16-22-10-6-5-7-11-22)31(40)38-21-26(18-28(38)29(39)20-34)43-33-36-27-15-14-25(35)17-30(27)44-33/h5-7,9-11,13-15,17,23-24,26,28H,2-4,8,12,16,18-21H2,1H3,(H,37,41)/b13-9-/t23-,24-,26-,28+,34-/m1/s1. The predicted molar refractivity (Wildman–Crippen MR) is 165 cm³/mol. The van der Waals surface area contributed by atoms with Crippen LogP contribution in [-0.2, 0) is 25.6 Å². The summed E-state index contributed by atoms with van der Waals surface area (Å²) < 4.78 is 20.7. The Kier molecular flexibility index (Phi) is 9.09. The van der Waals surface area contributed by atoms with Crippen molar-refractivity contribution in [2.75, 3.05) is 13.7 Å². The lowest BCUT2D eigenvalue weighted by molar-refractivity contribution is -0.144. The average molecular weight is 620 g/mol. The number of hydroxylamine groups is 1. The van der Waals surface area contributed by atoms with Gasteiger partial charge in [-0.2, -0.15) is 0 Å². The summed E-state index contributed by atoms with van der Waals surface area (Å²) in [5.41, 5.74) is 3.28. The number of rotatable bonds is 6. The summed E-state index contributed by atoms with van der Waals surface area (Å²) >= 11 is 1.24. The fraction of sp³-hybridized carbons (Fsp3) is 0.471. The molecule has 8 nitrogen and oxygen atoms in total. The maximum Gasteiger partial charge on any atom is 0.274 e. The Hall–Kier alpha value is -3.63. The quantitative estimate of drug-likeness (QED) is 0.277. The fourth-order valence-corrected chi connectivity index (χ4v) is 7.70. The number of Topliss-reactive ketones (excluding diaryl/α,β-unsaturated/α-hetero) is 1. The Labute approximate surface area is 260 Å². The number of hydrogen-bond donors (Lipinski definition) is 1. The zero-order chi connectivity index (χ0) is 30.7. The van der Waals surface area contributed by atoms with Gasteiger partial charge in [0.15, 0.2) is 5.78 Å². The molecule has 1 aromatic heterocycles. The molecule has 232 valence electrons. The van der Waals surface area contributed by atoms with Crippen LogP contribution in [0.5, 0.6) is 5.19 Å². The number of nitrogens with one attached hydrogen (secondary N) is 1. The number of carbonyl (C=O) groups is 3. The van der Waals surface area contributed by atoms with Gasteiger partial charge >= 0.3 is 0 Å². The molecule has 1 saturated heterocycles. The molecule has 10 heteroatoms. The van der Waals surface area contributed by atoms with Crippen molar-refractivity contribution < 1.29 is 28.3 Å². The molecule has 3 aliphatic rings. The molecule has 0 radical (unpaired) electrons. The first-order valence-electron chi connectivity index (χ1n) is 15.5. The van der Waals surface area contributed by atoms with E-state index in [0.29, 0.717) is 34.7 Å². The van der Waals surface area contributed by atoms with E-state index in [4.69, 9.17) is 9.57 Å². The van der Waals surface area contributed by atoms with Crippen molar-refractivity contribution in [2.24, 2.45) is 17.3 Å². The van der Waals surface area contributed by atoms with Crippen LogP contribution in [0.4, 0.5) is 4.39 Å². The SMILES string of the molecule is CONC(=O)[C@]12CC(=O)[C@@H]3C[C@@H](Oc4nc5ccc(F)cc5s4)CN3C(=O)[C@@H](Cc3ccccc3)CCCCC/C=C\[C@@H]1C2.